The summed E-state index contributed by atoms with van der Waals surface area (Å²) in [4.78, 5) is 22.5. The first-order chi connectivity index (χ1) is 9.02. The third-order valence-corrected chi connectivity index (χ3v) is 3.41. The second-order valence-electron chi connectivity index (χ2n) is 5.05. The number of amides is 1. The molecular weight excluding hydrogens is 242 g/mol. The maximum absolute atomic E-state index is 11.6. The van der Waals surface area contributed by atoms with E-state index in [1.54, 1.807) is 6.08 Å². The highest BCUT2D eigenvalue weighted by Gasteiger charge is 2.50. The fourth-order valence-corrected chi connectivity index (χ4v) is 1.78. The summed E-state index contributed by atoms with van der Waals surface area (Å²) < 4.78 is 0. The van der Waals surface area contributed by atoms with Crippen LogP contribution in [0.15, 0.2) is 30.3 Å². The molecule has 2 rings (SSSR count). The van der Waals surface area contributed by atoms with Crippen molar-refractivity contribution >= 4 is 18.0 Å². The average molecular weight is 259 g/mol. The Morgan fingerprint density at radius 2 is 1.95 bits per heavy atom. The van der Waals surface area contributed by atoms with Crippen molar-refractivity contribution in [2.75, 3.05) is 6.54 Å². The van der Waals surface area contributed by atoms with Gasteiger partial charge in [0.25, 0.3) is 0 Å². The van der Waals surface area contributed by atoms with Crippen LogP contribution < -0.4 is 5.32 Å². The minimum absolute atomic E-state index is 0.208. The Morgan fingerprint density at radius 1 is 1.32 bits per heavy atom. The Balaban J connectivity index is 1.84. The number of rotatable bonds is 5. The molecule has 4 nitrogen and oxygen atoms in total. The molecule has 0 radical (unpaired) electrons. The van der Waals surface area contributed by atoms with E-state index in [1.807, 2.05) is 31.2 Å². The summed E-state index contributed by atoms with van der Waals surface area (Å²) in [5.74, 6) is -1.08. The van der Waals surface area contributed by atoms with Crippen LogP contribution in [0.25, 0.3) is 6.08 Å². The summed E-state index contributed by atoms with van der Waals surface area (Å²) in [5, 5.41) is 11.6. The van der Waals surface area contributed by atoms with Crippen LogP contribution in [0.3, 0.4) is 0 Å². The smallest absolute Gasteiger partial charge is 0.311 e. The van der Waals surface area contributed by atoms with Crippen LogP contribution in [0, 0.1) is 12.3 Å². The second-order valence-corrected chi connectivity index (χ2v) is 5.05. The zero-order valence-corrected chi connectivity index (χ0v) is 10.8. The minimum atomic E-state index is -0.824. The number of carbonyl (C=O) groups excluding carboxylic acids is 1. The number of hydrogen-bond donors (Lipinski definition) is 2. The van der Waals surface area contributed by atoms with E-state index >= 15 is 0 Å². The summed E-state index contributed by atoms with van der Waals surface area (Å²) in [6.45, 7) is 2.21. The van der Waals surface area contributed by atoms with E-state index in [0.29, 0.717) is 12.8 Å². The fourth-order valence-electron chi connectivity index (χ4n) is 1.78. The first kappa shape index (κ1) is 13.3. The summed E-state index contributed by atoms with van der Waals surface area (Å²) in [6, 6.07) is 7.81. The van der Waals surface area contributed by atoms with Crippen molar-refractivity contribution in [2.24, 2.45) is 5.41 Å². The molecule has 0 atom stereocenters. The maximum Gasteiger partial charge on any atom is 0.311 e. The molecule has 4 heteroatoms. The highest BCUT2D eigenvalue weighted by atomic mass is 16.4. The quantitative estimate of drug-likeness (QED) is 0.795. The Kier molecular flexibility index (Phi) is 3.69. The van der Waals surface area contributed by atoms with Crippen LogP contribution in [-0.4, -0.2) is 23.5 Å². The molecule has 0 unspecified atom stereocenters. The molecule has 0 aliphatic heterocycles. The number of aliphatic carboxylic acids is 1. The predicted molar refractivity (Wildman–Crippen MR) is 72.5 cm³/mol. The first-order valence-corrected chi connectivity index (χ1v) is 6.28. The Bertz CT molecular complexity index is 513. The van der Waals surface area contributed by atoms with Crippen LogP contribution in [0.4, 0.5) is 0 Å². The van der Waals surface area contributed by atoms with Gasteiger partial charge in [0.1, 0.15) is 0 Å². The van der Waals surface area contributed by atoms with Gasteiger partial charge in [0, 0.05) is 12.6 Å². The molecule has 1 amide bonds. The molecule has 19 heavy (non-hydrogen) atoms. The summed E-state index contributed by atoms with van der Waals surface area (Å²) in [7, 11) is 0. The molecule has 1 fully saturated rings. The van der Waals surface area contributed by atoms with Gasteiger partial charge in [0.15, 0.2) is 0 Å². The highest BCUT2D eigenvalue weighted by molar-refractivity contribution is 5.92. The van der Waals surface area contributed by atoms with Crippen molar-refractivity contribution in [1.29, 1.82) is 0 Å². The fraction of sp³-hybridized carbons (Fsp3) is 0.333. The van der Waals surface area contributed by atoms with Crippen molar-refractivity contribution in [3.63, 3.8) is 0 Å². The van der Waals surface area contributed by atoms with Gasteiger partial charge in [-0.1, -0.05) is 29.8 Å². The van der Waals surface area contributed by atoms with E-state index in [-0.39, 0.29) is 12.5 Å². The third kappa shape index (κ3) is 3.44. The van der Waals surface area contributed by atoms with E-state index < -0.39 is 11.4 Å². The SMILES string of the molecule is Cc1ccc(/C=C/C(=O)NCC2(C(=O)O)CC2)cc1. The molecule has 0 aromatic heterocycles. The van der Waals surface area contributed by atoms with Gasteiger partial charge in [-0.15, -0.1) is 0 Å². The molecule has 0 saturated heterocycles. The van der Waals surface area contributed by atoms with E-state index in [9.17, 15) is 9.59 Å². The highest BCUT2D eigenvalue weighted by Crippen LogP contribution is 2.45. The summed E-state index contributed by atoms with van der Waals surface area (Å²) in [5.41, 5.74) is 1.40. The third-order valence-electron chi connectivity index (χ3n) is 3.41. The standard InChI is InChI=1S/C15H17NO3/c1-11-2-4-12(5-3-11)6-7-13(17)16-10-15(8-9-15)14(18)19/h2-7H,8-10H2,1H3,(H,16,17)(H,18,19)/b7-6+. The molecule has 1 aliphatic rings. The molecule has 0 spiro atoms. The predicted octanol–water partition coefficient (Wildman–Crippen LogP) is 1.99. The van der Waals surface area contributed by atoms with E-state index in [4.69, 9.17) is 5.11 Å². The lowest BCUT2D eigenvalue weighted by Crippen LogP contribution is -2.33. The molecule has 1 aromatic rings. The zero-order valence-electron chi connectivity index (χ0n) is 10.8. The van der Waals surface area contributed by atoms with Crippen LogP contribution in [0.1, 0.15) is 24.0 Å². The van der Waals surface area contributed by atoms with Gasteiger partial charge in [-0.05, 0) is 31.4 Å². The van der Waals surface area contributed by atoms with Gasteiger partial charge in [-0.25, -0.2) is 0 Å². The number of carboxylic acid groups (broad SMARTS) is 1. The van der Waals surface area contributed by atoms with E-state index in [0.717, 1.165) is 5.56 Å². The number of hydrogen-bond acceptors (Lipinski definition) is 2. The Hall–Kier alpha value is -2.10. The lowest BCUT2D eigenvalue weighted by Gasteiger charge is -2.09. The number of carbonyl (C=O) groups is 2. The lowest BCUT2D eigenvalue weighted by atomic mass is 10.1. The summed E-state index contributed by atoms with van der Waals surface area (Å²) in [6.07, 6.45) is 4.44. The lowest BCUT2D eigenvalue weighted by molar-refractivity contribution is -0.143. The first-order valence-electron chi connectivity index (χ1n) is 6.28. The second kappa shape index (κ2) is 5.26. The maximum atomic E-state index is 11.6. The molecule has 0 bridgehead atoms. The van der Waals surface area contributed by atoms with Crippen molar-refractivity contribution < 1.29 is 14.7 Å². The molecule has 1 saturated carbocycles. The molecule has 2 N–H and O–H groups in total. The number of nitrogens with one attached hydrogen (secondary N) is 1. The van der Waals surface area contributed by atoms with Crippen LogP contribution in [-0.2, 0) is 9.59 Å². The zero-order chi connectivity index (χ0) is 13.9. The van der Waals surface area contributed by atoms with Crippen LogP contribution in [0.2, 0.25) is 0 Å². The van der Waals surface area contributed by atoms with Crippen molar-refractivity contribution in [3.05, 3.63) is 41.5 Å². The van der Waals surface area contributed by atoms with Crippen molar-refractivity contribution in [1.82, 2.24) is 5.32 Å². The van der Waals surface area contributed by atoms with Gasteiger partial charge in [0.05, 0.1) is 5.41 Å². The number of benzene rings is 1. The van der Waals surface area contributed by atoms with Gasteiger partial charge < -0.3 is 10.4 Å². The normalized spacial score (nSPS) is 16.3. The van der Waals surface area contributed by atoms with Crippen LogP contribution >= 0.6 is 0 Å². The monoisotopic (exact) mass is 259 g/mol. The van der Waals surface area contributed by atoms with E-state index in [2.05, 4.69) is 5.32 Å². The Labute approximate surface area is 112 Å². The van der Waals surface area contributed by atoms with Gasteiger partial charge >= 0.3 is 5.97 Å². The largest absolute Gasteiger partial charge is 0.481 e. The molecule has 1 aromatic carbocycles. The van der Waals surface area contributed by atoms with E-state index in [1.165, 1.54) is 11.6 Å². The van der Waals surface area contributed by atoms with Gasteiger partial charge in [-0.3, -0.25) is 9.59 Å². The molecule has 0 heterocycles. The van der Waals surface area contributed by atoms with Crippen molar-refractivity contribution in [3.8, 4) is 0 Å². The van der Waals surface area contributed by atoms with Crippen molar-refractivity contribution in [2.45, 2.75) is 19.8 Å². The summed E-state index contributed by atoms with van der Waals surface area (Å²) >= 11 is 0. The van der Waals surface area contributed by atoms with Gasteiger partial charge in [-0.2, -0.15) is 0 Å². The Morgan fingerprint density at radius 3 is 2.47 bits per heavy atom. The minimum Gasteiger partial charge on any atom is -0.481 e. The molecule has 100 valence electrons. The van der Waals surface area contributed by atoms with Crippen LogP contribution in [0.5, 0.6) is 0 Å². The number of carboxylic acids is 1. The topological polar surface area (TPSA) is 66.4 Å². The average Bonchev–Trinajstić information content (AvgIpc) is 3.17. The van der Waals surface area contributed by atoms with Gasteiger partial charge in [0.2, 0.25) is 5.91 Å². The number of aryl methyl sites for hydroxylation is 1. The molecular formula is C15H17NO3. The molecule has 1 aliphatic carbocycles.